The third kappa shape index (κ3) is 1.76. The number of ether oxygens (including phenoxy) is 1. The number of nitrogens with zero attached hydrogens (tertiary/aromatic N) is 1. The number of aryl methyl sites for hydroxylation is 2. The van der Waals surface area contributed by atoms with Gasteiger partial charge in [0.2, 0.25) is 0 Å². The summed E-state index contributed by atoms with van der Waals surface area (Å²) in [7, 11) is 0. The largest absolute Gasteiger partial charge is 0.488 e. The number of hydrogen-bond acceptors (Lipinski definition) is 2. The van der Waals surface area contributed by atoms with E-state index in [1.54, 1.807) is 0 Å². The van der Waals surface area contributed by atoms with E-state index in [4.69, 9.17) is 21.3 Å². The number of aromatic nitrogens is 2. The number of aromatic amines is 1. The first kappa shape index (κ1) is 13.9. The van der Waals surface area contributed by atoms with Crippen LogP contribution in [0.25, 0.3) is 33.1 Å². The van der Waals surface area contributed by atoms with E-state index < -0.39 is 0 Å². The maximum absolute atomic E-state index is 6.51. The van der Waals surface area contributed by atoms with E-state index in [2.05, 4.69) is 31.0 Å². The lowest BCUT2D eigenvalue weighted by atomic mass is 9.98. The van der Waals surface area contributed by atoms with Crippen LogP contribution < -0.4 is 4.74 Å². The van der Waals surface area contributed by atoms with Gasteiger partial charge in [0.15, 0.2) is 0 Å². The second-order valence-electron chi connectivity index (χ2n) is 6.33. The minimum Gasteiger partial charge on any atom is -0.488 e. The summed E-state index contributed by atoms with van der Waals surface area (Å²) >= 11 is 6.51. The monoisotopic (exact) mass is 334 g/mol. The van der Waals surface area contributed by atoms with Gasteiger partial charge in [0.25, 0.3) is 0 Å². The van der Waals surface area contributed by atoms with Crippen molar-refractivity contribution < 1.29 is 4.74 Å². The van der Waals surface area contributed by atoms with Crippen LogP contribution in [-0.4, -0.2) is 9.97 Å². The number of para-hydroxylation sites is 1. The van der Waals surface area contributed by atoms with E-state index in [1.807, 2.05) is 24.3 Å². The molecule has 2 aromatic heterocycles. The summed E-state index contributed by atoms with van der Waals surface area (Å²) < 4.78 is 5.90. The molecule has 24 heavy (non-hydrogen) atoms. The highest BCUT2D eigenvalue weighted by Crippen LogP contribution is 2.40. The summed E-state index contributed by atoms with van der Waals surface area (Å²) in [6, 6.07) is 12.2. The molecule has 0 radical (unpaired) electrons. The molecule has 5 rings (SSSR count). The third-order valence-electron chi connectivity index (χ3n) is 4.93. The summed E-state index contributed by atoms with van der Waals surface area (Å²) in [5.74, 6) is 0.887. The van der Waals surface area contributed by atoms with Crippen molar-refractivity contribution in [3.63, 3.8) is 0 Å². The van der Waals surface area contributed by atoms with Gasteiger partial charge in [-0.15, -0.1) is 0 Å². The van der Waals surface area contributed by atoms with E-state index in [9.17, 15) is 0 Å². The van der Waals surface area contributed by atoms with Crippen molar-refractivity contribution in [1.82, 2.24) is 9.97 Å². The fraction of sp³-hybridized carbons (Fsp3) is 0.150. The fourth-order valence-corrected chi connectivity index (χ4v) is 3.84. The second kappa shape index (κ2) is 4.74. The number of fused-ring (bicyclic) bond motifs is 6. The number of nitrogens with one attached hydrogen (secondary N) is 1. The van der Waals surface area contributed by atoms with Crippen LogP contribution >= 0.6 is 11.6 Å². The Hall–Kier alpha value is -2.52. The van der Waals surface area contributed by atoms with Crippen LogP contribution in [-0.2, 0) is 6.61 Å². The lowest BCUT2D eigenvalue weighted by Gasteiger charge is -2.20. The van der Waals surface area contributed by atoms with Gasteiger partial charge in [0.05, 0.1) is 21.7 Å². The first-order chi connectivity index (χ1) is 11.6. The van der Waals surface area contributed by atoms with Gasteiger partial charge in [-0.05, 0) is 43.7 Å². The molecule has 0 unspecified atom stereocenters. The predicted octanol–water partition coefficient (Wildman–Crippen LogP) is 5.55. The topological polar surface area (TPSA) is 37.9 Å². The van der Waals surface area contributed by atoms with Crippen molar-refractivity contribution in [2.45, 2.75) is 20.5 Å². The molecule has 0 saturated carbocycles. The Bertz CT molecular complexity index is 1140. The number of halogens is 1. The molecule has 118 valence electrons. The molecule has 3 heterocycles. The summed E-state index contributed by atoms with van der Waals surface area (Å²) in [4.78, 5) is 8.33. The van der Waals surface area contributed by atoms with Gasteiger partial charge in [-0.25, -0.2) is 4.98 Å². The molecule has 3 nitrogen and oxygen atoms in total. The van der Waals surface area contributed by atoms with Crippen molar-refractivity contribution in [2.24, 2.45) is 0 Å². The molecule has 0 amide bonds. The zero-order chi connectivity index (χ0) is 16.4. The highest BCUT2D eigenvalue weighted by atomic mass is 35.5. The van der Waals surface area contributed by atoms with E-state index >= 15 is 0 Å². The van der Waals surface area contributed by atoms with E-state index in [0.29, 0.717) is 11.6 Å². The highest BCUT2D eigenvalue weighted by Gasteiger charge is 2.21. The van der Waals surface area contributed by atoms with Crippen LogP contribution in [0.1, 0.15) is 16.8 Å². The summed E-state index contributed by atoms with van der Waals surface area (Å²) in [5, 5.41) is 2.99. The van der Waals surface area contributed by atoms with E-state index in [-0.39, 0.29) is 0 Å². The molecule has 4 heteroatoms. The number of H-pyrrole nitrogens is 1. The molecule has 0 bridgehead atoms. The molecule has 4 aromatic rings. The first-order valence-electron chi connectivity index (χ1n) is 7.96. The Morgan fingerprint density at radius 2 is 2.00 bits per heavy atom. The molecule has 0 atom stereocenters. The number of pyridine rings is 1. The quantitative estimate of drug-likeness (QED) is 0.458. The number of rotatable bonds is 0. The fourth-order valence-electron chi connectivity index (χ4n) is 3.59. The molecule has 1 N–H and O–H groups in total. The average molecular weight is 335 g/mol. The standard InChI is InChI=1S/C20H15ClN2O/c1-10-11(2)22-20-15(21)8-16-14(18(10)20)7-12-9-24-17-6-4-3-5-13(17)19(12)23-16/h3-8,22H,9H2,1-2H3. The van der Waals surface area contributed by atoms with Crippen LogP contribution in [0, 0.1) is 13.8 Å². The minimum absolute atomic E-state index is 0.544. The first-order valence-corrected chi connectivity index (χ1v) is 8.34. The molecular formula is C20H15ClN2O. The summed E-state index contributed by atoms with van der Waals surface area (Å²) in [6.45, 7) is 4.74. The van der Waals surface area contributed by atoms with Gasteiger partial charge in [0, 0.05) is 27.6 Å². The molecule has 0 fully saturated rings. The van der Waals surface area contributed by atoms with Gasteiger partial charge in [-0.1, -0.05) is 23.7 Å². The summed E-state index contributed by atoms with van der Waals surface area (Å²) in [5.41, 5.74) is 7.41. The van der Waals surface area contributed by atoms with Crippen LogP contribution in [0.2, 0.25) is 5.02 Å². The van der Waals surface area contributed by atoms with Crippen LogP contribution in [0.3, 0.4) is 0 Å². The normalized spacial score (nSPS) is 13.0. The van der Waals surface area contributed by atoms with Crippen molar-refractivity contribution in [2.75, 3.05) is 0 Å². The van der Waals surface area contributed by atoms with Crippen molar-refractivity contribution in [3.05, 3.63) is 58.2 Å². The Kier molecular flexibility index (Phi) is 2.74. The Balaban J connectivity index is 1.92. The molecule has 0 spiro atoms. The van der Waals surface area contributed by atoms with Gasteiger partial charge in [-0.2, -0.15) is 0 Å². The van der Waals surface area contributed by atoms with E-state index in [1.165, 1.54) is 5.56 Å². The smallest absolute Gasteiger partial charge is 0.129 e. The van der Waals surface area contributed by atoms with Crippen LogP contribution in [0.5, 0.6) is 5.75 Å². The molecular weight excluding hydrogens is 320 g/mol. The minimum atomic E-state index is 0.544. The van der Waals surface area contributed by atoms with Gasteiger partial charge >= 0.3 is 0 Å². The third-order valence-corrected chi connectivity index (χ3v) is 5.23. The molecule has 2 aromatic carbocycles. The van der Waals surface area contributed by atoms with Crippen LogP contribution in [0.4, 0.5) is 0 Å². The maximum atomic E-state index is 6.51. The number of benzene rings is 2. The molecule has 0 saturated heterocycles. The lowest BCUT2D eigenvalue weighted by molar-refractivity contribution is 0.302. The zero-order valence-corrected chi connectivity index (χ0v) is 14.2. The molecule has 1 aliphatic rings. The molecule has 1 aliphatic heterocycles. The van der Waals surface area contributed by atoms with Crippen LogP contribution in [0.15, 0.2) is 36.4 Å². The maximum Gasteiger partial charge on any atom is 0.129 e. The number of hydrogen-bond donors (Lipinski definition) is 1. The van der Waals surface area contributed by atoms with Crippen molar-refractivity contribution in [1.29, 1.82) is 0 Å². The SMILES string of the molecule is Cc1[nH]c2c(Cl)cc3nc4c(cc3c2c1C)COc1ccccc1-4. The summed E-state index contributed by atoms with van der Waals surface area (Å²) in [6.07, 6.45) is 0. The highest BCUT2D eigenvalue weighted by molar-refractivity contribution is 6.37. The van der Waals surface area contributed by atoms with Gasteiger partial charge in [-0.3, -0.25) is 0 Å². The average Bonchev–Trinajstić information content (AvgIpc) is 2.90. The van der Waals surface area contributed by atoms with Gasteiger partial charge < -0.3 is 9.72 Å². The second-order valence-corrected chi connectivity index (χ2v) is 6.74. The van der Waals surface area contributed by atoms with Gasteiger partial charge in [0.1, 0.15) is 12.4 Å². The predicted molar refractivity (Wildman–Crippen MR) is 97.9 cm³/mol. The van der Waals surface area contributed by atoms with E-state index in [0.717, 1.165) is 50.1 Å². The lowest BCUT2D eigenvalue weighted by Crippen LogP contribution is -2.07. The Morgan fingerprint density at radius 1 is 1.17 bits per heavy atom. The Labute approximate surface area is 144 Å². The van der Waals surface area contributed by atoms with Crippen molar-refractivity contribution in [3.8, 4) is 17.0 Å². The Morgan fingerprint density at radius 3 is 2.88 bits per heavy atom. The van der Waals surface area contributed by atoms with Crippen molar-refractivity contribution >= 4 is 33.4 Å². The zero-order valence-electron chi connectivity index (χ0n) is 13.4. The molecule has 0 aliphatic carbocycles.